The quantitative estimate of drug-likeness (QED) is 0.796. The van der Waals surface area contributed by atoms with Crippen molar-refractivity contribution in [2.45, 2.75) is 26.4 Å². The van der Waals surface area contributed by atoms with Crippen molar-refractivity contribution in [2.75, 3.05) is 31.1 Å². The predicted octanol–water partition coefficient (Wildman–Crippen LogP) is 2.38. The van der Waals surface area contributed by atoms with Crippen molar-refractivity contribution in [1.29, 1.82) is 0 Å². The smallest absolute Gasteiger partial charge is 0.410 e. The van der Waals surface area contributed by atoms with Crippen LogP contribution in [0.15, 0.2) is 24.5 Å². The second kappa shape index (κ2) is 5.20. The number of hydrogen-bond donors (Lipinski definition) is 0. The maximum absolute atomic E-state index is 12.1. The number of anilines is 1. The molecule has 1 amide bonds. The van der Waals surface area contributed by atoms with Crippen molar-refractivity contribution in [2.24, 2.45) is 11.8 Å². The fraction of sp³-hybridized carbons (Fsp3) is 0.625. The minimum atomic E-state index is -0.420. The van der Waals surface area contributed by atoms with Crippen LogP contribution in [-0.2, 0) is 4.74 Å². The molecule has 21 heavy (non-hydrogen) atoms. The topological polar surface area (TPSA) is 45.7 Å². The fourth-order valence-electron chi connectivity index (χ4n) is 3.22. The summed E-state index contributed by atoms with van der Waals surface area (Å²) < 4.78 is 5.46. The molecule has 0 aliphatic carbocycles. The molecule has 2 aliphatic rings. The van der Waals surface area contributed by atoms with Gasteiger partial charge in [-0.3, -0.25) is 4.98 Å². The van der Waals surface area contributed by atoms with Crippen molar-refractivity contribution in [3.8, 4) is 0 Å². The summed E-state index contributed by atoms with van der Waals surface area (Å²) in [5, 5.41) is 0. The van der Waals surface area contributed by atoms with E-state index in [9.17, 15) is 4.79 Å². The molecule has 5 heteroatoms. The van der Waals surface area contributed by atoms with Gasteiger partial charge in [0, 0.05) is 44.2 Å². The van der Waals surface area contributed by atoms with Crippen LogP contribution in [0.3, 0.4) is 0 Å². The van der Waals surface area contributed by atoms with Gasteiger partial charge in [-0.1, -0.05) is 0 Å². The molecule has 0 radical (unpaired) electrons. The molecule has 2 aliphatic heterocycles. The van der Waals surface area contributed by atoms with Crippen LogP contribution in [0.4, 0.5) is 10.5 Å². The first-order valence-corrected chi connectivity index (χ1v) is 7.55. The van der Waals surface area contributed by atoms with Crippen LogP contribution >= 0.6 is 0 Å². The van der Waals surface area contributed by atoms with Gasteiger partial charge in [-0.2, -0.15) is 0 Å². The lowest BCUT2D eigenvalue weighted by molar-refractivity contribution is 0.0282. The predicted molar refractivity (Wildman–Crippen MR) is 81.2 cm³/mol. The molecule has 0 N–H and O–H groups in total. The van der Waals surface area contributed by atoms with E-state index >= 15 is 0 Å². The van der Waals surface area contributed by atoms with Crippen LogP contribution in [0.1, 0.15) is 20.8 Å². The Morgan fingerprint density at radius 3 is 2.43 bits per heavy atom. The van der Waals surface area contributed by atoms with E-state index in [1.807, 2.05) is 37.9 Å². The third-order valence-corrected chi connectivity index (χ3v) is 4.15. The molecule has 0 bridgehead atoms. The molecule has 5 nitrogen and oxygen atoms in total. The van der Waals surface area contributed by atoms with E-state index in [4.69, 9.17) is 4.74 Å². The SMILES string of the molecule is CC(C)(C)OC(=O)N1C[C@@H]2CN(c3cccnc3)C[C@@H]2C1. The number of hydrogen-bond acceptors (Lipinski definition) is 4. The minimum Gasteiger partial charge on any atom is -0.444 e. The van der Waals surface area contributed by atoms with E-state index in [1.165, 1.54) is 5.69 Å². The molecule has 0 unspecified atom stereocenters. The van der Waals surface area contributed by atoms with E-state index in [-0.39, 0.29) is 6.09 Å². The standard InChI is InChI=1S/C16H23N3O2/c1-16(2,3)21-15(20)19-10-12-8-18(9-13(12)11-19)14-5-4-6-17-7-14/h4-7,12-13H,8-11H2,1-3H3/t12-,13+. The summed E-state index contributed by atoms with van der Waals surface area (Å²) in [5.41, 5.74) is 0.756. The average Bonchev–Trinajstić information content (AvgIpc) is 2.95. The normalized spacial score (nSPS) is 25.1. The average molecular weight is 289 g/mol. The van der Waals surface area contributed by atoms with Crippen molar-refractivity contribution in [1.82, 2.24) is 9.88 Å². The van der Waals surface area contributed by atoms with Gasteiger partial charge >= 0.3 is 6.09 Å². The summed E-state index contributed by atoms with van der Waals surface area (Å²) in [4.78, 5) is 20.5. The molecule has 3 rings (SSSR count). The Balaban J connectivity index is 1.58. The number of carbonyl (C=O) groups excluding carboxylic acids is 1. The largest absolute Gasteiger partial charge is 0.444 e. The number of fused-ring (bicyclic) bond motifs is 1. The number of pyridine rings is 1. The number of amides is 1. The van der Waals surface area contributed by atoms with Gasteiger partial charge in [0.05, 0.1) is 11.9 Å². The van der Waals surface area contributed by atoms with Gasteiger partial charge in [0.15, 0.2) is 0 Å². The molecule has 0 spiro atoms. The Kier molecular flexibility index (Phi) is 3.51. The number of nitrogens with zero attached hydrogens (tertiary/aromatic N) is 3. The van der Waals surface area contributed by atoms with Gasteiger partial charge in [-0.05, 0) is 32.9 Å². The van der Waals surface area contributed by atoms with Crippen LogP contribution in [0.5, 0.6) is 0 Å². The maximum Gasteiger partial charge on any atom is 0.410 e. The molecule has 0 saturated carbocycles. The second-order valence-electron chi connectivity index (χ2n) is 7.02. The first-order valence-electron chi connectivity index (χ1n) is 7.55. The van der Waals surface area contributed by atoms with E-state index < -0.39 is 5.60 Å². The van der Waals surface area contributed by atoms with Gasteiger partial charge in [-0.25, -0.2) is 4.79 Å². The highest BCUT2D eigenvalue weighted by Crippen LogP contribution is 2.34. The van der Waals surface area contributed by atoms with Gasteiger partial charge in [0.25, 0.3) is 0 Å². The zero-order valence-corrected chi connectivity index (χ0v) is 13.0. The van der Waals surface area contributed by atoms with Crippen LogP contribution in [0, 0.1) is 11.8 Å². The Morgan fingerprint density at radius 2 is 1.90 bits per heavy atom. The van der Waals surface area contributed by atoms with Crippen molar-refractivity contribution in [3.05, 3.63) is 24.5 Å². The summed E-state index contributed by atoms with van der Waals surface area (Å²) in [7, 11) is 0. The zero-order valence-electron chi connectivity index (χ0n) is 13.0. The van der Waals surface area contributed by atoms with Crippen molar-refractivity contribution < 1.29 is 9.53 Å². The fourth-order valence-corrected chi connectivity index (χ4v) is 3.22. The van der Waals surface area contributed by atoms with E-state index in [1.54, 1.807) is 6.20 Å². The van der Waals surface area contributed by atoms with Gasteiger partial charge in [-0.15, -0.1) is 0 Å². The number of ether oxygens (including phenoxy) is 1. The van der Waals surface area contributed by atoms with Crippen LogP contribution < -0.4 is 4.90 Å². The summed E-state index contributed by atoms with van der Waals surface area (Å²) in [6, 6.07) is 4.07. The number of carbonyl (C=O) groups is 1. The maximum atomic E-state index is 12.1. The lowest BCUT2D eigenvalue weighted by Crippen LogP contribution is -2.37. The van der Waals surface area contributed by atoms with Gasteiger partial charge in [0.1, 0.15) is 5.60 Å². The Labute approximate surface area is 125 Å². The highest BCUT2D eigenvalue weighted by molar-refractivity contribution is 5.68. The number of rotatable bonds is 1. The molecule has 2 fully saturated rings. The van der Waals surface area contributed by atoms with E-state index in [0.29, 0.717) is 11.8 Å². The van der Waals surface area contributed by atoms with E-state index in [0.717, 1.165) is 26.2 Å². The lowest BCUT2D eigenvalue weighted by Gasteiger charge is -2.26. The van der Waals surface area contributed by atoms with Crippen molar-refractivity contribution in [3.63, 3.8) is 0 Å². The van der Waals surface area contributed by atoms with E-state index in [2.05, 4.69) is 16.0 Å². The molecular formula is C16H23N3O2. The number of aromatic nitrogens is 1. The van der Waals surface area contributed by atoms with Gasteiger partial charge in [0.2, 0.25) is 0 Å². The Hall–Kier alpha value is -1.78. The first kappa shape index (κ1) is 14.2. The van der Waals surface area contributed by atoms with Crippen LogP contribution in [-0.4, -0.2) is 47.8 Å². The Morgan fingerprint density at radius 1 is 1.24 bits per heavy atom. The molecular weight excluding hydrogens is 266 g/mol. The van der Waals surface area contributed by atoms with Crippen molar-refractivity contribution >= 4 is 11.8 Å². The minimum absolute atomic E-state index is 0.176. The zero-order chi connectivity index (χ0) is 15.0. The first-order chi connectivity index (χ1) is 9.92. The lowest BCUT2D eigenvalue weighted by atomic mass is 10.0. The summed E-state index contributed by atoms with van der Waals surface area (Å²) in [6.45, 7) is 9.32. The third-order valence-electron chi connectivity index (χ3n) is 4.15. The second-order valence-corrected chi connectivity index (χ2v) is 7.02. The van der Waals surface area contributed by atoms with Gasteiger partial charge < -0.3 is 14.5 Å². The highest BCUT2D eigenvalue weighted by Gasteiger charge is 2.42. The third kappa shape index (κ3) is 3.12. The van der Waals surface area contributed by atoms with Crippen LogP contribution in [0.25, 0.3) is 0 Å². The molecule has 0 aromatic carbocycles. The number of likely N-dealkylation sites (tertiary alicyclic amines) is 1. The monoisotopic (exact) mass is 289 g/mol. The summed E-state index contributed by atoms with van der Waals surface area (Å²) in [6.07, 6.45) is 3.53. The molecule has 2 atom stereocenters. The molecule has 3 heterocycles. The molecule has 2 saturated heterocycles. The van der Waals surface area contributed by atoms with Crippen LogP contribution in [0.2, 0.25) is 0 Å². The highest BCUT2D eigenvalue weighted by atomic mass is 16.6. The Bertz CT molecular complexity index is 498. The molecule has 1 aromatic heterocycles. The molecule has 114 valence electrons. The summed E-state index contributed by atoms with van der Waals surface area (Å²) >= 11 is 0. The summed E-state index contributed by atoms with van der Waals surface area (Å²) in [5.74, 6) is 1.08. The molecule has 1 aromatic rings.